The number of ether oxygens (including phenoxy) is 2. The Balaban J connectivity index is 1.97. The SMILES string of the molecule is CN(C)CCC1Oc2ccccc2Oc2ccccc21. The summed E-state index contributed by atoms with van der Waals surface area (Å²) in [4.78, 5) is 2.17. The van der Waals surface area contributed by atoms with Crippen molar-refractivity contribution in [2.24, 2.45) is 0 Å². The zero-order valence-corrected chi connectivity index (χ0v) is 11.9. The minimum Gasteiger partial charge on any atom is -0.482 e. The van der Waals surface area contributed by atoms with E-state index in [-0.39, 0.29) is 6.10 Å². The van der Waals surface area contributed by atoms with Crippen LogP contribution in [0, 0.1) is 0 Å². The summed E-state index contributed by atoms with van der Waals surface area (Å²) < 4.78 is 12.2. The lowest BCUT2D eigenvalue weighted by atomic mass is 10.1. The lowest BCUT2D eigenvalue weighted by Crippen LogP contribution is -2.18. The van der Waals surface area contributed by atoms with Crippen LogP contribution in [0.5, 0.6) is 17.2 Å². The van der Waals surface area contributed by atoms with E-state index in [1.165, 1.54) is 0 Å². The van der Waals surface area contributed by atoms with E-state index in [9.17, 15) is 0 Å². The van der Waals surface area contributed by atoms with E-state index in [4.69, 9.17) is 9.47 Å². The summed E-state index contributed by atoms with van der Waals surface area (Å²) >= 11 is 0. The number of hydrogen-bond donors (Lipinski definition) is 0. The summed E-state index contributed by atoms with van der Waals surface area (Å²) in [6.45, 7) is 0.973. The lowest BCUT2D eigenvalue weighted by molar-refractivity contribution is 0.181. The number of rotatable bonds is 3. The van der Waals surface area contributed by atoms with Gasteiger partial charge >= 0.3 is 0 Å². The Kier molecular flexibility index (Phi) is 3.61. The third-order valence-electron chi connectivity index (χ3n) is 3.44. The molecule has 2 aromatic carbocycles. The molecule has 0 bridgehead atoms. The predicted molar refractivity (Wildman–Crippen MR) is 79.5 cm³/mol. The molecule has 3 heteroatoms. The summed E-state index contributed by atoms with van der Waals surface area (Å²) in [5, 5.41) is 0. The molecule has 104 valence electrons. The van der Waals surface area contributed by atoms with Gasteiger partial charge in [-0.05, 0) is 32.3 Å². The first-order valence-corrected chi connectivity index (χ1v) is 6.91. The van der Waals surface area contributed by atoms with E-state index in [0.717, 1.165) is 35.8 Å². The van der Waals surface area contributed by atoms with Gasteiger partial charge in [-0.2, -0.15) is 0 Å². The maximum absolute atomic E-state index is 6.18. The Morgan fingerprint density at radius 3 is 2.30 bits per heavy atom. The number of para-hydroxylation sites is 3. The van der Waals surface area contributed by atoms with Gasteiger partial charge < -0.3 is 14.4 Å². The largest absolute Gasteiger partial charge is 0.482 e. The monoisotopic (exact) mass is 269 g/mol. The topological polar surface area (TPSA) is 21.7 Å². The Hall–Kier alpha value is -2.00. The van der Waals surface area contributed by atoms with Crippen molar-refractivity contribution < 1.29 is 9.47 Å². The van der Waals surface area contributed by atoms with Crippen molar-refractivity contribution in [3.63, 3.8) is 0 Å². The molecule has 3 rings (SSSR count). The van der Waals surface area contributed by atoms with Crippen LogP contribution < -0.4 is 9.47 Å². The average Bonchev–Trinajstić information content (AvgIpc) is 2.61. The van der Waals surface area contributed by atoms with Crippen LogP contribution in [-0.4, -0.2) is 25.5 Å². The molecule has 3 nitrogen and oxygen atoms in total. The highest BCUT2D eigenvalue weighted by atomic mass is 16.5. The number of nitrogens with zero attached hydrogens (tertiary/aromatic N) is 1. The molecule has 0 amide bonds. The molecule has 1 aliphatic rings. The van der Waals surface area contributed by atoms with E-state index in [1.807, 2.05) is 42.5 Å². The highest BCUT2D eigenvalue weighted by Crippen LogP contribution is 2.42. The summed E-state index contributed by atoms with van der Waals surface area (Å²) in [5.74, 6) is 2.49. The smallest absolute Gasteiger partial charge is 0.169 e. The van der Waals surface area contributed by atoms with Crippen LogP contribution in [-0.2, 0) is 0 Å². The van der Waals surface area contributed by atoms with Gasteiger partial charge in [-0.15, -0.1) is 0 Å². The van der Waals surface area contributed by atoms with Crippen LogP contribution in [0.2, 0.25) is 0 Å². The Morgan fingerprint density at radius 1 is 0.900 bits per heavy atom. The van der Waals surface area contributed by atoms with Crippen LogP contribution in [0.15, 0.2) is 48.5 Å². The van der Waals surface area contributed by atoms with Crippen LogP contribution in [0.3, 0.4) is 0 Å². The van der Waals surface area contributed by atoms with Crippen LogP contribution in [0.25, 0.3) is 0 Å². The molecule has 0 aliphatic carbocycles. The van der Waals surface area contributed by atoms with E-state index in [2.05, 4.69) is 25.1 Å². The van der Waals surface area contributed by atoms with E-state index in [1.54, 1.807) is 0 Å². The first kappa shape index (κ1) is 13.0. The van der Waals surface area contributed by atoms with Gasteiger partial charge in [-0.1, -0.05) is 30.3 Å². The molecule has 0 fully saturated rings. The van der Waals surface area contributed by atoms with Crippen LogP contribution >= 0.6 is 0 Å². The fraction of sp³-hybridized carbons (Fsp3) is 0.294. The van der Waals surface area contributed by atoms with Crippen molar-refractivity contribution >= 4 is 0 Å². The zero-order valence-electron chi connectivity index (χ0n) is 11.9. The van der Waals surface area contributed by atoms with Gasteiger partial charge in [-0.25, -0.2) is 0 Å². The molecule has 20 heavy (non-hydrogen) atoms. The van der Waals surface area contributed by atoms with E-state index < -0.39 is 0 Å². The van der Waals surface area contributed by atoms with Gasteiger partial charge in [-0.3, -0.25) is 0 Å². The van der Waals surface area contributed by atoms with Gasteiger partial charge in [0.15, 0.2) is 11.5 Å². The van der Waals surface area contributed by atoms with Crippen molar-refractivity contribution in [3.05, 3.63) is 54.1 Å². The van der Waals surface area contributed by atoms with Crippen molar-refractivity contribution in [3.8, 4) is 17.2 Å². The predicted octanol–water partition coefficient (Wildman–Crippen LogP) is 3.86. The fourth-order valence-corrected chi connectivity index (χ4v) is 2.40. The highest BCUT2D eigenvalue weighted by Gasteiger charge is 2.23. The van der Waals surface area contributed by atoms with Gasteiger partial charge in [0.25, 0.3) is 0 Å². The number of fused-ring (bicyclic) bond motifs is 2. The minimum atomic E-state index is 0.0252. The van der Waals surface area contributed by atoms with Crippen molar-refractivity contribution in [1.82, 2.24) is 4.90 Å². The van der Waals surface area contributed by atoms with Crippen molar-refractivity contribution in [1.29, 1.82) is 0 Å². The van der Waals surface area contributed by atoms with Gasteiger partial charge in [0.05, 0.1) is 0 Å². The second kappa shape index (κ2) is 5.55. The first-order valence-electron chi connectivity index (χ1n) is 6.91. The molecular weight excluding hydrogens is 250 g/mol. The van der Waals surface area contributed by atoms with Gasteiger partial charge in [0.1, 0.15) is 11.9 Å². The molecular formula is C17H19NO2. The maximum atomic E-state index is 6.18. The Bertz CT molecular complexity index is 595. The molecule has 0 saturated carbocycles. The molecule has 1 atom stereocenters. The molecule has 1 unspecified atom stereocenters. The average molecular weight is 269 g/mol. The highest BCUT2D eigenvalue weighted by molar-refractivity contribution is 5.48. The Morgan fingerprint density at radius 2 is 1.55 bits per heavy atom. The molecule has 0 radical (unpaired) electrons. The molecule has 0 spiro atoms. The minimum absolute atomic E-state index is 0.0252. The molecule has 1 aliphatic heterocycles. The number of hydrogen-bond acceptors (Lipinski definition) is 3. The molecule has 0 aromatic heterocycles. The summed E-state index contributed by atoms with van der Waals surface area (Å²) in [7, 11) is 4.15. The third-order valence-corrected chi connectivity index (χ3v) is 3.44. The van der Waals surface area contributed by atoms with Crippen LogP contribution in [0.1, 0.15) is 18.1 Å². The molecule has 1 heterocycles. The van der Waals surface area contributed by atoms with Crippen LogP contribution in [0.4, 0.5) is 0 Å². The zero-order chi connectivity index (χ0) is 13.9. The summed E-state index contributed by atoms with van der Waals surface area (Å²) in [6.07, 6.45) is 0.957. The quantitative estimate of drug-likeness (QED) is 0.844. The van der Waals surface area contributed by atoms with E-state index >= 15 is 0 Å². The van der Waals surface area contributed by atoms with Gasteiger partial charge in [0.2, 0.25) is 0 Å². The summed E-state index contributed by atoms with van der Waals surface area (Å²) in [6, 6.07) is 16.0. The Labute approximate surface area is 119 Å². The first-order chi connectivity index (χ1) is 9.74. The lowest BCUT2D eigenvalue weighted by Gasteiger charge is -2.20. The second-order valence-corrected chi connectivity index (χ2v) is 5.29. The number of benzene rings is 2. The van der Waals surface area contributed by atoms with E-state index in [0.29, 0.717) is 0 Å². The van der Waals surface area contributed by atoms with Gasteiger partial charge in [0, 0.05) is 18.5 Å². The molecule has 2 aromatic rings. The molecule has 0 N–H and O–H groups in total. The van der Waals surface area contributed by atoms with Crippen molar-refractivity contribution in [2.45, 2.75) is 12.5 Å². The maximum Gasteiger partial charge on any atom is 0.169 e. The van der Waals surface area contributed by atoms with Crippen molar-refractivity contribution in [2.75, 3.05) is 20.6 Å². The standard InChI is InChI=1S/C17H19NO2/c1-18(2)12-11-15-13-7-3-4-8-14(13)19-16-9-5-6-10-17(16)20-15/h3-10,15H,11-12H2,1-2H3. The fourth-order valence-electron chi connectivity index (χ4n) is 2.40. The second-order valence-electron chi connectivity index (χ2n) is 5.29. The third kappa shape index (κ3) is 2.63. The normalized spacial score (nSPS) is 16.6. The summed E-state index contributed by atoms with van der Waals surface area (Å²) in [5.41, 5.74) is 1.12. The molecule has 0 saturated heterocycles.